The molecule has 1 heterocycles. The van der Waals surface area contributed by atoms with Gasteiger partial charge in [0.1, 0.15) is 6.04 Å². The molecule has 0 aliphatic carbocycles. The van der Waals surface area contributed by atoms with Gasteiger partial charge in [0.2, 0.25) is 0 Å². The van der Waals surface area contributed by atoms with Crippen molar-refractivity contribution in [3.8, 4) is 0 Å². The molecule has 1 saturated heterocycles. The summed E-state index contributed by atoms with van der Waals surface area (Å²) in [6, 6.07) is -1.35. The molecule has 0 aromatic carbocycles. The minimum atomic E-state index is -1.14. The van der Waals surface area contributed by atoms with Gasteiger partial charge in [-0.15, -0.1) is 0 Å². The molecule has 0 radical (unpaired) electrons. The van der Waals surface area contributed by atoms with Gasteiger partial charge in [0.15, 0.2) is 0 Å². The topological polar surface area (TPSA) is 95.9 Å². The van der Waals surface area contributed by atoms with Crippen LogP contribution in [0, 0.1) is 0 Å². The van der Waals surface area contributed by atoms with Gasteiger partial charge in [-0.25, -0.2) is 9.59 Å². The average molecular weight is 300 g/mol. The molecule has 0 aromatic heterocycles. The lowest BCUT2D eigenvalue weighted by atomic mass is 10.1. The van der Waals surface area contributed by atoms with Gasteiger partial charge < -0.3 is 20.1 Å². The summed E-state index contributed by atoms with van der Waals surface area (Å²) in [4.78, 5) is 36.2. The van der Waals surface area contributed by atoms with Crippen LogP contribution in [-0.4, -0.2) is 53.7 Å². The third-order valence-electron chi connectivity index (χ3n) is 3.77. The molecule has 2 atom stereocenters. The Bertz CT molecular complexity index is 386. The Kier molecular flexibility index (Phi) is 6.98. The second kappa shape index (κ2) is 8.49. The van der Waals surface area contributed by atoms with E-state index in [9.17, 15) is 14.4 Å². The zero-order valence-electron chi connectivity index (χ0n) is 12.6. The van der Waals surface area contributed by atoms with Crippen molar-refractivity contribution in [3.05, 3.63) is 0 Å². The van der Waals surface area contributed by atoms with Crippen LogP contribution in [-0.2, 0) is 14.3 Å². The molecular formula is C14H24N2O5. The number of carbonyl (C=O) groups excluding carboxylic acids is 2. The summed E-state index contributed by atoms with van der Waals surface area (Å²) in [5.74, 6) is -1.63. The molecular weight excluding hydrogens is 276 g/mol. The molecule has 0 aromatic rings. The summed E-state index contributed by atoms with van der Waals surface area (Å²) < 4.78 is 4.48. The Labute approximate surface area is 124 Å². The van der Waals surface area contributed by atoms with Gasteiger partial charge >= 0.3 is 18.0 Å². The van der Waals surface area contributed by atoms with E-state index in [4.69, 9.17) is 5.11 Å². The van der Waals surface area contributed by atoms with E-state index in [0.29, 0.717) is 6.54 Å². The van der Waals surface area contributed by atoms with E-state index >= 15 is 0 Å². The van der Waals surface area contributed by atoms with Crippen LogP contribution in [0.2, 0.25) is 0 Å². The third-order valence-corrected chi connectivity index (χ3v) is 3.77. The van der Waals surface area contributed by atoms with Gasteiger partial charge in [-0.1, -0.05) is 12.8 Å². The van der Waals surface area contributed by atoms with Gasteiger partial charge in [-0.2, -0.15) is 0 Å². The summed E-state index contributed by atoms with van der Waals surface area (Å²) in [5.41, 5.74) is 0. The van der Waals surface area contributed by atoms with E-state index < -0.39 is 18.0 Å². The van der Waals surface area contributed by atoms with Crippen molar-refractivity contribution in [1.29, 1.82) is 0 Å². The lowest BCUT2D eigenvalue weighted by Gasteiger charge is -2.28. The Morgan fingerprint density at radius 1 is 1.33 bits per heavy atom. The van der Waals surface area contributed by atoms with Crippen LogP contribution in [0.1, 0.15) is 45.4 Å². The first-order chi connectivity index (χ1) is 9.95. The fraction of sp³-hybridized carbons (Fsp3) is 0.786. The van der Waals surface area contributed by atoms with Gasteiger partial charge in [0.25, 0.3) is 0 Å². The van der Waals surface area contributed by atoms with Crippen LogP contribution >= 0.6 is 0 Å². The number of rotatable bonds is 5. The largest absolute Gasteiger partial charge is 0.480 e. The second-order valence-electron chi connectivity index (χ2n) is 5.35. The maximum atomic E-state index is 12.2. The quantitative estimate of drug-likeness (QED) is 0.747. The van der Waals surface area contributed by atoms with Crippen molar-refractivity contribution in [2.24, 2.45) is 0 Å². The number of nitrogens with zero attached hydrogens (tertiary/aromatic N) is 1. The number of ether oxygens (including phenoxy) is 1. The number of nitrogens with one attached hydrogen (secondary N) is 1. The maximum absolute atomic E-state index is 12.2. The fourth-order valence-electron chi connectivity index (χ4n) is 2.43. The summed E-state index contributed by atoms with van der Waals surface area (Å²) in [6.45, 7) is 2.60. The number of likely N-dealkylation sites (tertiary alicyclic amines) is 1. The number of carbonyl (C=O) groups is 3. The van der Waals surface area contributed by atoms with E-state index in [0.717, 1.165) is 25.7 Å². The highest BCUT2D eigenvalue weighted by molar-refractivity contribution is 5.83. The lowest BCUT2D eigenvalue weighted by molar-refractivity contribution is -0.142. The number of amides is 2. The summed E-state index contributed by atoms with van der Waals surface area (Å²) >= 11 is 0. The van der Waals surface area contributed by atoms with Crippen molar-refractivity contribution < 1.29 is 24.2 Å². The highest BCUT2D eigenvalue weighted by atomic mass is 16.5. The predicted octanol–water partition coefficient (Wildman–Crippen LogP) is 1.37. The molecule has 2 N–H and O–H groups in total. The molecule has 1 aliphatic heterocycles. The maximum Gasteiger partial charge on any atom is 0.326 e. The number of aliphatic carboxylic acids is 1. The molecule has 7 nitrogen and oxygen atoms in total. The standard InChI is InChI=1S/C14H24N2O5/c1-10-6-4-3-5-9-16(10)14(20)15-11(13(18)19)7-8-12(17)21-2/h10-11H,3-9H2,1-2H3,(H,15,20)(H,18,19)/t10?,11-/m1/s1. The Balaban J connectivity index is 2.58. The Morgan fingerprint density at radius 2 is 2.05 bits per heavy atom. The van der Waals surface area contributed by atoms with Gasteiger partial charge in [-0.05, 0) is 26.2 Å². The molecule has 0 saturated carbocycles. The van der Waals surface area contributed by atoms with Crippen molar-refractivity contribution in [1.82, 2.24) is 10.2 Å². The highest BCUT2D eigenvalue weighted by Gasteiger charge is 2.27. The SMILES string of the molecule is COC(=O)CC[C@@H](NC(=O)N1CCCCCC1C)C(=O)O. The smallest absolute Gasteiger partial charge is 0.326 e. The molecule has 0 spiro atoms. The van der Waals surface area contributed by atoms with E-state index in [1.807, 2.05) is 6.92 Å². The van der Waals surface area contributed by atoms with Gasteiger partial charge in [0, 0.05) is 19.0 Å². The normalized spacial score (nSPS) is 20.3. The van der Waals surface area contributed by atoms with Crippen LogP contribution in [0.25, 0.3) is 0 Å². The first-order valence-electron chi connectivity index (χ1n) is 7.32. The second-order valence-corrected chi connectivity index (χ2v) is 5.35. The van der Waals surface area contributed by atoms with E-state index in [1.54, 1.807) is 4.90 Å². The first kappa shape index (κ1) is 17.3. The Morgan fingerprint density at radius 3 is 2.67 bits per heavy atom. The van der Waals surface area contributed by atoms with Crippen LogP contribution < -0.4 is 5.32 Å². The fourth-order valence-corrected chi connectivity index (χ4v) is 2.43. The molecule has 0 bridgehead atoms. The van der Waals surface area contributed by atoms with Crippen molar-refractivity contribution in [2.75, 3.05) is 13.7 Å². The van der Waals surface area contributed by atoms with E-state index in [2.05, 4.69) is 10.1 Å². The summed E-state index contributed by atoms with van der Waals surface area (Å²) in [6.07, 6.45) is 4.00. The molecule has 1 rings (SSSR count). The van der Waals surface area contributed by atoms with E-state index in [-0.39, 0.29) is 24.9 Å². The van der Waals surface area contributed by atoms with Crippen molar-refractivity contribution in [2.45, 2.75) is 57.5 Å². The first-order valence-corrected chi connectivity index (χ1v) is 7.32. The number of hydrogen-bond donors (Lipinski definition) is 2. The third kappa shape index (κ3) is 5.61. The van der Waals surface area contributed by atoms with Gasteiger partial charge in [-0.3, -0.25) is 4.79 Å². The van der Waals surface area contributed by atoms with E-state index in [1.165, 1.54) is 7.11 Å². The predicted molar refractivity (Wildman–Crippen MR) is 75.8 cm³/mol. The Hall–Kier alpha value is -1.79. The minimum absolute atomic E-state index is 0.0238. The summed E-state index contributed by atoms with van der Waals surface area (Å²) in [5, 5.41) is 11.6. The molecule has 1 aliphatic rings. The average Bonchev–Trinajstić information content (AvgIpc) is 2.67. The molecule has 7 heteroatoms. The number of methoxy groups -OCH3 is 1. The number of carboxylic acid groups (broad SMARTS) is 1. The van der Waals surface area contributed by atoms with Crippen LogP contribution in [0.15, 0.2) is 0 Å². The molecule has 1 unspecified atom stereocenters. The van der Waals surface area contributed by atoms with Crippen LogP contribution in [0.3, 0.4) is 0 Å². The lowest BCUT2D eigenvalue weighted by Crippen LogP contribution is -2.50. The van der Waals surface area contributed by atoms with Gasteiger partial charge in [0.05, 0.1) is 7.11 Å². The highest BCUT2D eigenvalue weighted by Crippen LogP contribution is 2.16. The zero-order chi connectivity index (χ0) is 15.8. The summed E-state index contributed by atoms with van der Waals surface area (Å²) in [7, 11) is 1.25. The number of hydrogen-bond acceptors (Lipinski definition) is 4. The van der Waals surface area contributed by atoms with Crippen molar-refractivity contribution >= 4 is 18.0 Å². The number of esters is 1. The van der Waals surface area contributed by atoms with Crippen LogP contribution in [0.4, 0.5) is 4.79 Å². The monoisotopic (exact) mass is 300 g/mol. The van der Waals surface area contributed by atoms with Crippen molar-refractivity contribution in [3.63, 3.8) is 0 Å². The molecule has 120 valence electrons. The minimum Gasteiger partial charge on any atom is -0.480 e. The molecule has 2 amide bonds. The number of carboxylic acids is 1. The molecule has 21 heavy (non-hydrogen) atoms. The van der Waals surface area contributed by atoms with Crippen LogP contribution in [0.5, 0.6) is 0 Å². The zero-order valence-corrected chi connectivity index (χ0v) is 12.6. The number of urea groups is 1. The molecule has 1 fully saturated rings.